The highest BCUT2D eigenvalue weighted by Gasteiger charge is 2.33. The molecule has 1 saturated heterocycles. The van der Waals surface area contributed by atoms with Crippen LogP contribution < -0.4 is 10.6 Å². The van der Waals surface area contributed by atoms with Crippen LogP contribution in [0.4, 0.5) is 5.69 Å². The Labute approximate surface area is 206 Å². The minimum Gasteiger partial charge on any atom is -0.383 e. The van der Waals surface area contributed by atoms with Crippen molar-refractivity contribution < 1.29 is 13.2 Å². The first-order valence-electron chi connectivity index (χ1n) is 10.7. The monoisotopic (exact) mass is 550 g/mol. The van der Waals surface area contributed by atoms with Crippen LogP contribution in [0.25, 0.3) is 10.9 Å². The maximum absolute atomic E-state index is 13.0. The molecule has 1 atom stereocenters. The van der Waals surface area contributed by atoms with E-state index in [9.17, 15) is 13.2 Å². The third-order valence-electron chi connectivity index (χ3n) is 5.65. The van der Waals surface area contributed by atoms with E-state index in [0.29, 0.717) is 37.5 Å². The fourth-order valence-electron chi connectivity index (χ4n) is 3.93. The number of fused-ring (bicyclic) bond motifs is 1. The number of aromatic nitrogens is 1. The lowest BCUT2D eigenvalue weighted by Crippen LogP contribution is -2.46. The fourth-order valence-corrected chi connectivity index (χ4v) is 5.89. The molecule has 1 aromatic heterocycles. The summed E-state index contributed by atoms with van der Waals surface area (Å²) in [4.78, 5) is 17.3. The number of hydrogen-bond donors (Lipinski definition) is 2. The van der Waals surface area contributed by atoms with E-state index in [4.69, 9.17) is 11.6 Å². The van der Waals surface area contributed by atoms with Crippen molar-refractivity contribution in [3.8, 4) is 0 Å². The Bertz CT molecular complexity index is 1250. The zero-order chi connectivity index (χ0) is 23.4. The Morgan fingerprint density at radius 3 is 2.73 bits per heavy atom. The molecule has 1 aliphatic rings. The molecule has 33 heavy (non-hydrogen) atoms. The number of nitrogens with zero attached hydrogens (tertiary/aromatic N) is 2. The van der Waals surface area contributed by atoms with E-state index in [-0.39, 0.29) is 23.3 Å². The number of carbonyl (C=O) groups is 1. The number of amides is 1. The van der Waals surface area contributed by atoms with Gasteiger partial charge in [0.05, 0.1) is 16.3 Å². The molecule has 1 aliphatic heterocycles. The van der Waals surface area contributed by atoms with Gasteiger partial charge in [0.25, 0.3) is 0 Å². The van der Waals surface area contributed by atoms with E-state index in [1.54, 1.807) is 36.5 Å². The topological polar surface area (TPSA) is 91.4 Å². The molecule has 10 heteroatoms. The highest BCUT2D eigenvalue weighted by atomic mass is 79.9. The first-order valence-corrected chi connectivity index (χ1v) is 13.3. The van der Waals surface area contributed by atoms with E-state index < -0.39 is 10.0 Å². The molecule has 0 bridgehead atoms. The summed E-state index contributed by atoms with van der Waals surface area (Å²) in [5.74, 6) is -0.494. The lowest BCUT2D eigenvalue weighted by Gasteiger charge is -2.31. The van der Waals surface area contributed by atoms with Gasteiger partial charge in [-0.1, -0.05) is 27.5 Å². The van der Waals surface area contributed by atoms with Crippen molar-refractivity contribution in [2.45, 2.75) is 17.7 Å². The number of halogens is 2. The second kappa shape index (κ2) is 10.4. The Morgan fingerprint density at radius 1 is 1.15 bits per heavy atom. The molecule has 0 radical (unpaired) electrons. The van der Waals surface area contributed by atoms with Gasteiger partial charge in [0.1, 0.15) is 0 Å². The molecule has 0 aliphatic carbocycles. The third-order valence-corrected chi connectivity index (χ3v) is 8.29. The van der Waals surface area contributed by atoms with Crippen LogP contribution in [0.15, 0.2) is 64.1 Å². The Kier molecular flexibility index (Phi) is 7.53. The van der Waals surface area contributed by atoms with Gasteiger partial charge in [-0.2, -0.15) is 4.31 Å². The van der Waals surface area contributed by atoms with Gasteiger partial charge in [0.15, 0.2) is 0 Å². The predicted molar refractivity (Wildman–Crippen MR) is 134 cm³/mol. The summed E-state index contributed by atoms with van der Waals surface area (Å²) in [6.07, 6.45) is 3.03. The number of hydrogen-bond acceptors (Lipinski definition) is 5. The number of nitrogens with one attached hydrogen (secondary N) is 2. The number of pyridine rings is 1. The van der Waals surface area contributed by atoms with Gasteiger partial charge < -0.3 is 10.6 Å². The molecule has 0 unspecified atom stereocenters. The van der Waals surface area contributed by atoms with E-state index in [0.717, 1.165) is 21.1 Å². The fraction of sp³-hybridized carbons (Fsp3) is 0.304. The molecule has 3 aromatic rings. The maximum Gasteiger partial charge on any atom is 0.243 e. The first kappa shape index (κ1) is 23.9. The largest absolute Gasteiger partial charge is 0.383 e. The Hall–Kier alpha value is -2.20. The first-order chi connectivity index (χ1) is 15.8. The second-order valence-electron chi connectivity index (χ2n) is 7.89. The summed E-state index contributed by atoms with van der Waals surface area (Å²) < 4.78 is 28.2. The van der Waals surface area contributed by atoms with Crippen molar-refractivity contribution in [3.05, 3.63) is 64.2 Å². The van der Waals surface area contributed by atoms with E-state index >= 15 is 0 Å². The van der Waals surface area contributed by atoms with Crippen LogP contribution in [-0.2, 0) is 14.8 Å². The van der Waals surface area contributed by atoms with Crippen LogP contribution >= 0.6 is 27.5 Å². The molecule has 174 valence electrons. The quantitative estimate of drug-likeness (QED) is 0.428. The normalized spacial score (nSPS) is 17.1. The van der Waals surface area contributed by atoms with E-state index in [1.165, 1.54) is 4.31 Å². The molecule has 0 spiro atoms. The van der Waals surface area contributed by atoms with Crippen molar-refractivity contribution in [3.63, 3.8) is 0 Å². The highest BCUT2D eigenvalue weighted by molar-refractivity contribution is 9.10. The summed E-state index contributed by atoms with van der Waals surface area (Å²) in [6.45, 7) is 1.56. The van der Waals surface area contributed by atoms with Crippen molar-refractivity contribution in [1.82, 2.24) is 14.6 Å². The van der Waals surface area contributed by atoms with E-state index in [2.05, 4.69) is 31.5 Å². The minimum absolute atomic E-state index is 0.126. The van der Waals surface area contributed by atoms with Crippen molar-refractivity contribution in [2.75, 3.05) is 31.5 Å². The second-order valence-corrected chi connectivity index (χ2v) is 11.2. The number of piperidine rings is 1. The molecule has 7 nitrogen and oxygen atoms in total. The van der Waals surface area contributed by atoms with Gasteiger partial charge in [-0.3, -0.25) is 9.78 Å². The Morgan fingerprint density at radius 2 is 1.94 bits per heavy atom. The van der Waals surface area contributed by atoms with Gasteiger partial charge in [0.2, 0.25) is 15.9 Å². The summed E-state index contributed by atoms with van der Waals surface area (Å²) >= 11 is 9.36. The van der Waals surface area contributed by atoms with Crippen LogP contribution in [0.2, 0.25) is 5.02 Å². The van der Waals surface area contributed by atoms with Gasteiger partial charge in [-0.05, 0) is 61.4 Å². The molecular formula is C23H24BrClN4O3S. The number of anilines is 1. The van der Waals surface area contributed by atoms with Crippen molar-refractivity contribution in [1.29, 1.82) is 0 Å². The van der Waals surface area contributed by atoms with Crippen molar-refractivity contribution >= 4 is 60.1 Å². The zero-order valence-electron chi connectivity index (χ0n) is 17.8. The van der Waals surface area contributed by atoms with Crippen LogP contribution in [0.3, 0.4) is 0 Å². The summed E-state index contributed by atoms with van der Waals surface area (Å²) in [5, 5.41) is 7.83. The molecule has 2 heterocycles. The molecular weight excluding hydrogens is 528 g/mol. The minimum atomic E-state index is -3.63. The number of sulfonamides is 1. The van der Waals surface area contributed by atoms with Crippen LogP contribution in [0, 0.1) is 5.92 Å². The number of carbonyl (C=O) groups excluding carboxylic acids is 1. The van der Waals surface area contributed by atoms with Gasteiger partial charge in [0, 0.05) is 52.9 Å². The summed E-state index contributed by atoms with van der Waals surface area (Å²) in [5.41, 5.74) is 1.71. The molecule has 1 amide bonds. The zero-order valence-corrected chi connectivity index (χ0v) is 21.0. The van der Waals surface area contributed by atoms with E-state index in [1.807, 2.05) is 18.2 Å². The third kappa shape index (κ3) is 5.66. The SMILES string of the molecule is O=C(NCCNc1ccnc2cc(Cl)ccc12)[C@@H]1CCCN(S(=O)(=O)c2ccc(Br)cc2)C1. The van der Waals surface area contributed by atoms with Gasteiger partial charge in [-0.25, -0.2) is 8.42 Å². The molecule has 4 rings (SSSR count). The molecule has 0 saturated carbocycles. The smallest absolute Gasteiger partial charge is 0.243 e. The van der Waals surface area contributed by atoms with Crippen LogP contribution in [0.5, 0.6) is 0 Å². The molecule has 1 fully saturated rings. The highest BCUT2D eigenvalue weighted by Crippen LogP contribution is 2.26. The summed E-state index contributed by atoms with van der Waals surface area (Å²) in [6, 6.07) is 14.0. The average Bonchev–Trinajstić information content (AvgIpc) is 2.82. The summed E-state index contributed by atoms with van der Waals surface area (Å²) in [7, 11) is -3.63. The molecule has 2 aromatic carbocycles. The van der Waals surface area contributed by atoms with Gasteiger partial charge in [-0.15, -0.1) is 0 Å². The van der Waals surface area contributed by atoms with Crippen LogP contribution in [0.1, 0.15) is 12.8 Å². The maximum atomic E-state index is 13.0. The van der Waals surface area contributed by atoms with Crippen molar-refractivity contribution in [2.24, 2.45) is 5.92 Å². The van der Waals surface area contributed by atoms with Gasteiger partial charge >= 0.3 is 0 Å². The molecule has 2 N–H and O–H groups in total. The van der Waals surface area contributed by atoms with Crippen LogP contribution in [-0.4, -0.2) is 49.8 Å². The number of rotatable bonds is 7. The lowest BCUT2D eigenvalue weighted by atomic mass is 9.99. The Balaban J connectivity index is 1.31. The standard InChI is InChI=1S/C23H24BrClN4O3S/c24-17-3-6-19(7-4-17)33(31,32)29-13-1-2-16(15-29)23(30)28-12-11-27-21-9-10-26-22-14-18(25)5-8-20(21)22/h3-10,14,16H,1-2,11-13,15H2,(H,26,27)(H,28,30)/t16-/m1/s1. The number of benzene rings is 2. The lowest BCUT2D eigenvalue weighted by molar-refractivity contribution is -0.125. The predicted octanol–water partition coefficient (Wildman–Crippen LogP) is 4.28. The average molecular weight is 552 g/mol.